The van der Waals surface area contributed by atoms with Crippen molar-refractivity contribution >= 4 is 59.5 Å². The molecule has 0 aliphatic heterocycles. The van der Waals surface area contributed by atoms with Crippen molar-refractivity contribution in [1.82, 2.24) is 4.98 Å². The molecule has 5 aromatic rings. The number of fused-ring (bicyclic) bond motifs is 3. The molecule has 34 heavy (non-hydrogen) atoms. The van der Waals surface area contributed by atoms with E-state index < -0.39 is 20.8 Å². The van der Waals surface area contributed by atoms with Gasteiger partial charge in [0, 0.05) is 22.0 Å². The first-order valence-electron chi connectivity index (χ1n) is 10.1. The maximum atomic E-state index is 12.2. The quantitative estimate of drug-likeness (QED) is 0.152. The molecule has 0 unspecified atom stereocenters. The van der Waals surface area contributed by atoms with Crippen molar-refractivity contribution in [3.05, 3.63) is 72.3 Å². The number of thiazole rings is 1. The van der Waals surface area contributed by atoms with Gasteiger partial charge >= 0.3 is 0 Å². The minimum Gasteiger partial charge on any atom is -0.505 e. The summed E-state index contributed by atoms with van der Waals surface area (Å²) in [5.41, 5.74) is 8.88. The number of aromatic hydroxyl groups is 1. The number of aromatic nitrogens is 1. The Morgan fingerprint density at radius 3 is 2.41 bits per heavy atom. The predicted molar refractivity (Wildman–Crippen MR) is 134 cm³/mol. The Bertz CT molecular complexity index is 1710. The molecule has 0 aliphatic rings. The fraction of sp³-hybridized carbons (Fsp3) is 0.0417. The molecule has 0 amide bonds. The van der Waals surface area contributed by atoms with Gasteiger partial charge in [0.15, 0.2) is 5.75 Å². The second kappa shape index (κ2) is 8.17. The molecular formula is C24H18N4O4S2. The molecule has 4 aromatic carbocycles. The molecule has 1 aromatic heterocycles. The van der Waals surface area contributed by atoms with Crippen LogP contribution in [0.5, 0.6) is 5.75 Å². The maximum absolute atomic E-state index is 12.2. The summed E-state index contributed by atoms with van der Waals surface area (Å²) in [7, 11) is -4.72. The molecule has 0 radical (unpaired) electrons. The number of phenols is 1. The molecule has 5 rings (SSSR count). The van der Waals surface area contributed by atoms with Gasteiger partial charge in [-0.05, 0) is 61.0 Å². The standard InChI is InChI=1S/C24H18N4O4S2/c1-13-4-2-3-5-18(13)27-28-21-20(34(30,31)32)12-17-16(22(21)29)10-11-19-23(17)33-24(26-19)14-6-8-15(25)9-7-14/h2-12,29H,25H2,1H3,(H,30,31,32). The van der Waals surface area contributed by atoms with Gasteiger partial charge in [0.05, 0.1) is 15.9 Å². The van der Waals surface area contributed by atoms with E-state index in [0.717, 1.165) is 11.1 Å². The average Bonchev–Trinajstić information content (AvgIpc) is 3.24. The fourth-order valence-electron chi connectivity index (χ4n) is 3.63. The molecular weight excluding hydrogens is 472 g/mol. The normalized spacial score (nSPS) is 12.2. The van der Waals surface area contributed by atoms with Crippen LogP contribution in [-0.2, 0) is 10.1 Å². The van der Waals surface area contributed by atoms with E-state index in [4.69, 9.17) is 5.73 Å². The number of nitrogens with zero attached hydrogens (tertiary/aromatic N) is 3. The number of azo groups is 1. The van der Waals surface area contributed by atoms with Gasteiger partial charge in [-0.25, -0.2) is 4.98 Å². The van der Waals surface area contributed by atoms with E-state index in [9.17, 15) is 18.1 Å². The summed E-state index contributed by atoms with van der Waals surface area (Å²) in [4.78, 5) is 4.10. The number of nitrogens with two attached hydrogens (primary N) is 1. The summed E-state index contributed by atoms with van der Waals surface area (Å²) >= 11 is 1.34. The highest BCUT2D eigenvalue weighted by molar-refractivity contribution is 7.86. The lowest BCUT2D eigenvalue weighted by Crippen LogP contribution is -1.99. The minimum atomic E-state index is -4.72. The maximum Gasteiger partial charge on any atom is 0.296 e. The predicted octanol–water partition coefficient (Wildman–Crippen LogP) is 6.37. The summed E-state index contributed by atoms with van der Waals surface area (Å²) in [6.07, 6.45) is 0. The SMILES string of the molecule is Cc1ccccc1N=Nc1c(S(=O)(=O)O)cc2c(ccc3nc(-c4ccc(N)cc4)sc32)c1O. The van der Waals surface area contributed by atoms with Gasteiger partial charge in [-0.3, -0.25) is 4.55 Å². The molecule has 0 saturated carbocycles. The summed E-state index contributed by atoms with van der Waals surface area (Å²) < 4.78 is 35.1. The Morgan fingerprint density at radius 2 is 1.71 bits per heavy atom. The number of hydrogen-bond acceptors (Lipinski definition) is 8. The van der Waals surface area contributed by atoms with Crippen molar-refractivity contribution in [1.29, 1.82) is 0 Å². The Labute approximate surface area is 198 Å². The van der Waals surface area contributed by atoms with Crippen LogP contribution in [-0.4, -0.2) is 23.1 Å². The highest BCUT2D eigenvalue weighted by atomic mass is 32.2. The number of nitrogen functional groups attached to an aromatic ring is 1. The third-order valence-corrected chi connectivity index (χ3v) is 7.41. The number of phenolic OH excluding ortho intramolecular Hbond substituents is 1. The third kappa shape index (κ3) is 3.87. The first-order chi connectivity index (χ1) is 16.2. The second-order valence-corrected chi connectivity index (χ2v) is 10.1. The van der Waals surface area contributed by atoms with Crippen molar-refractivity contribution in [3.8, 4) is 16.3 Å². The number of hydrogen-bond donors (Lipinski definition) is 3. The molecule has 0 atom stereocenters. The minimum absolute atomic E-state index is 0.333. The van der Waals surface area contributed by atoms with E-state index in [1.807, 2.05) is 31.2 Å². The largest absolute Gasteiger partial charge is 0.505 e. The molecule has 0 bridgehead atoms. The Balaban J connectivity index is 1.74. The number of benzene rings is 4. The molecule has 1 heterocycles. The van der Waals surface area contributed by atoms with E-state index in [1.54, 1.807) is 36.4 Å². The van der Waals surface area contributed by atoms with Gasteiger partial charge in [-0.1, -0.05) is 18.2 Å². The van der Waals surface area contributed by atoms with Crippen molar-refractivity contribution in [2.45, 2.75) is 11.8 Å². The molecule has 0 saturated heterocycles. The van der Waals surface area contributed by atoms with Gasteiger partial charge in [-0.15, -0.1) is 16.5 Å². The second-order valence-electron chi connectivity index (χ2n) is 7.68. The van der Waals surface area contributed by atoms with Crippen LogP contribution in [0.4, 0.5) is 17.1 Å². The Kier molecular flexibility index (Phi) is 5.28. The zero-order chi connectivity index (χ0) is 24.0. The number of aryl methyl sites for hydroxylation is 1. The van der Waals surface area contributed by atoms with E-state index in [2.05, 4.69) is 15.2 Å². The van der Waals surface area contributed by atoms with Crippen LogP contribution in [0.3, 0.4) is 0 Å². The van der Waals surface area contributed by atoms with Gasteiger partial charge in [0.2, 0.25) is 0 Å². The molecule has 170 valence electrons. The van der Waals surface area contributed by atoms with Crippen LogP contribution in [0.1, 0.15) is 5.56 Å². The summed E-state index contributed by atoms with van der Waals surface area (Å²) in [5.74, 6) is -0.396. The summed E-state index contributed by atoms with van der Waals surface area (Å²) in [5, 5.41) is 20.6. The summed E-state index contributed by atoms with van der Waals surface area (Å²) in [6.45, 7) is 1.83. The zero-order valence-corrected chi connectivity index (χ0v) is 19.4. The Morgan fingerprint density at radius 1 is 0.971 bits per heavy atom. The lowest BCUT2D eigenvalue weighted by atomic mass is 10.1. The van der Waals surface area contributed by atoms with Gasteiger partial charge in [0.25, 0.3) is 10.1 Å². The number of rotatable bonds is 4. The van der Waals surface area contributed by atoms with Gasteiger partial charge < -0.3 is 10.8 Å². The van der Waals surface area contributed by atoms with Crippen LogP contribution >= 0.6 is 11.3 Å². The monoisotopic (exact) mass is 490 g/mol. The van der Waals surface area contributed by atoms with Crippen molar-refractivity contribution in [2.75, 3.05) is 5.73 Å². The first-order valence-corrected chi connectivity index (χ1v) is 12.4. The molecule has 0 aliphatic carbocycles. The van der Waals surface area contributed by atoms with Crippen LogP contribution < -0.4 is 5.73 Å². The summed E-state index contributed by atoms with van der Waals surface area (Å²) in [6, 6.07) is 19.1. The third-order valence-electron chi connectivity index (χ3n) is 5.39. The molecule has 8 nitrogen and oxygen atoms in total. The topological polar surface area (TPSA) is 138 Å². The van der Waals surface area contributed by atoms with Crippen molar-refractivity contribution in [2.24, 2.45) is 10.2 Å². The van der Waals surface area contributed by atoms with Crippen LogP contribution in [0, 0.1) is 6.92 Å². The van der Waals surface area contributed by atoms with Crippen LogP contribution in [0.25, 0.3) is 31.6 Å². The van der Waals surface area contributed by atoms with E-state index in [-0.39, 0.29) is 5.69 Å². The van der Waals surface area contributed by atoms with Crippen LogP contribution in [0.2, 0.25) is 0 Å². The van der Waals surface area contributed by atoms with E-state index in [1.165, 1.54) is 17.4 Å². The van der Waals surface area contributed by atoms with Crippen molar-refractivity contribution < 1.29 is 18.1 Å². The van der Waals surface area contributed by atoms with Gasteiger partial charge in [-0.2, -0.15) is 13.5 Å². The highest BCUT2D eigenvalue weighted by Crippen LogP contribution is 2.45. The fourth-order valence-corrected chi connectivity index (χ4v) is 5.36. The molecule has 4 N–H and O–H groups in total. The highest BCUT2D eigenvalue weighted by Gasteiger charge is 2.24. The van der Waals surface area contributed by atoms with Gasteiger partial charge in [0.1, 0.15) is 15.6 Å². The Hall–Kier alpha value is -3.86. The van der Waals surface area contributed by atoms with E-state index >= 15 is 0 Å². The molecule has 0 spiro atoms. The average molecular weight is 491 g/mol. The van der Waals surface area contributed by atoms with E-state index in [0.29, 0.717) is 37.4 Å². The number of anilines is 1. The zero-order valence-electron chi connectivity index (χ0n) is 17.8. The molecule has 10 heteroatoms. The van der Waals surface area contributed by atoms with Crippen LogP contribution in [0.15, 0.2) is 81.9 Å². The lowest BCUT2D eigenvalue weighted by Gasteiger charge is -2.09. The molecule has 0 fully saturated rings. The van der Waals surface area contributed by atoms with Crippen molar-refractivity contribution in [3.63, 3.8) is 0 Å². The lowest BCUT2D eigenvalue weighted by molar-refractivity contribution is 0.472. The smallest absolute Gasteiger partial charge is 0.296 e. The first kappa shape index (κ1) is 22.0.